The third-order valence-electron chi connectivity index (χ3n) is 2.38. The number of rotatable bonds is 5. The van der Waals surface area contributed by atoms with Gasteiger partial charge in [0.25, 0.3) is 0 Å². The van der Waals surface area contributed by atoms with E-state index in [1.54, 1.807) is 12.1 Å². The summed E-state index contributed by atoms with van der Waals surface area (Å²) in [6.45, 7) is 2.67. The highest BCUT2D eigenvalue weighted by Crippen LogP contribution is 2.17. The molecule has 2 rings (SSSR count). The van der Waals surface area contributed by atoms with Crippen molar-refractivity contribution in [2.75, 3.05) is 7.05 Å². The molecule has 0 bridgehead atoms. The van der Waals surface area contributed by atoms with Gasteiger partial charge in [-0.2, -0.15) is 0 Å². The average molecular weight is 250 g/mol. The van der Waals surface area contributed by atoms with E-state index in [2.05, 4.69) is 10.5 Å². The molecule has 0 atom stereocenters. The molecule has 1 N–H and O–H groups in total. The molecule has 0 spiro atoms. The van der Waals surface area contributed by atoms with Crippen molar-refractivity contribution in [2.45, 2.75) is 20.1 Å². The van der Waals surface area contributed by atoms with Gasteiger partial charge in [-0.05, 0) is 31.7 Å². The average Bonchev–Trinajstić information content (AvgIpc) is 2.72. The molecule has 0 saturated carbocycles. The molecule has 2 aromatic rings. The molecule has 0 unspecified atom stereocenters. The number of ether oxygens (including phenoxy) is 1. The van der Waals surface area contributed by atoms with E-state index >= 15 is 0 Å². The van der Waals surface area contributed by atoms with Gasteiger partial charge < -0.3 is 14.6 Å². The Labute approximate surface area is 105 Å². The zero-order chi connectivity index (χ0) is 13.0. The molecule has 96 valence electrons. The van der Waals surface area contributed by atoms with E-state index < -0.39 is 0 Å². The van der Waals surface area contributed by atoms with Crippen molar-refractivity contribution < 1.29 is 13.7 Å². The molecular formula is C13H15FN2O2. The number of nitrogens with one attached hydrogen (secondary N) is 1. The van der Waals surface area contributed by atoms with Gasteiger partial charge in [-0.25, -0.2) is 4.39 Å². The van der Waals surface area contributed by atoms with E-state index in [-0.39, 0.29) is 12.4 Å². The molecule has 1 aromatic carbocycles. The number of aromatic nitrogens is 1. The lowest BCUT2D eigenvalue weighted by molar-refractivity contribution is 0.286. The molecule has 1 aromatic heterocycles. The molecule has 1 heterocycles. The van der Waals surface area contributed by atoms with Crippen LogP contribution in [0, 0.1) is 12.7 Å². The van der Waals surface area contributed by atoms with E-state index in [9.17, 15) is 4.39 Å². The normalized spacial score (nSPS) is 10.6. The van der Waals surface area contributed by atoms with Gasteiger partial charge in [0.1, 0.15) is 29.6 Å². The Bertz CT molecular complexity index is 525. The lowest BCUT2D eigenvalue weighted by Gasteiger charge is -2.07. The predicted molar refractivity (Wildman–Crippen MR) is 64.7 cm³/mol. The fraction of sp³-hybridized carbons (Fsp3) is 0.308. The Hall–Kier alpha value is -1.88. The van der Waals surface area contributed by atoms with Crippen molar-refractivity contribution in [1.29, 1.82) is 0 Å². The third-order valence-corrected chi connectivity index (χ3v) is 2.38. The minimum absolute atomic E-state index is 0.264. The Balaban J connectivity index is 2.04. The summed E-state index contributed by atoms with van der Waals surface area (Å²) in [6.07, 6.45) is 0. The fourth-order valence-corrected chi connectivity index (χ4v) is 1.65. The van der Waals surface area contributed by atoms with Gasteiger partial charge >= 0.3 is 0 Å². The number of halogens is 1. The van der Waals surface area contributed by atoms with E-state index in [0.29, 0.717) is 18.0 Å². The molecule has 4 nitrogen and oxygen atoms in total. The van der Waals surface area contributed by atoms with Crippen molar-refractivity contribution in [3.63, 3.8) is 0 Å². The third kappa shape index (κ3) is 3.30. The van der Waals surface area contributed by atoms with E-state index in [0.717, 1.165) is 11.3 Å². The lowest BCUT2D eigenvalue weighted by atomic mass is 10.2. The van der Waals surface area contributed by atoms with Crippen LogP contribution < -0.4 is 10.1 Å². The lowest BCUT2D eigenvalue weighted by Crippen LogP contribution is -2.06. The van der Waals surface area contributed by atoms with Crippen LogP contribution in [-0.4, -0.2) is 12.2 Å². The first kappa shape index (κ1) is 12.6. The largest absolute Gasteiger partial charge is 0.487 e. The summed E-state index contributed by atoms with van der Waals surface area (Å²) in [4.78, 5) is 0. The van der Waals surface area contributed by atoms with Gasteiger partial charge in [0.2, 0.25) is 0 Å². The van der Waals surface area contributed by atoms with E-state index in [1.807, 2.05) is 14.0 Å². The van der Waals surface area contributed by atoms with Gasteiger partial charge in [-0.1, -0.05) is 5.16 Å². The smallest absolute Gasteiger partial charge is 0.134 e. The summed E-state index contributed by atoms with van der Waals surface area (Å²) in [5.74, 6) is 0.902. The molecule has 0 saturated heterocycles. The molecule has 0 aliphatic heterocycles. The molecule has 5 heteroatoms. The molecule has 0 amide bonds. The van der Waals surface area contributed by atoms with Crippen molar-refractivity contribution in [2.24, 2.45) is 0 Å². The number of nitrogens with zero attached hydrogens (tertiary/aromatic N) is 1. The van der Waals surface area contributed by atoms with Gasteiger partial charge in [0.15, 0.2) is 0 Å². The Morgan fingerprint density at radius 3 is 2.83 bits per heavy atom. The van der Waals surface area contributed by atoms with Crippen LogP contribution in [0.15, 0.2) is 28.8 Å². The number of hydrogen-bond acceptors (Lipinski definition) is 4. The predicted octanol–water partition coefficient (Wildman–Crippen LogP) is 2.42. The van der Waals surface area contributed by atoms with Crippen LogP contribution in [0.5, 0.6) is 5.75 Å². The molecule has 18 heavy (non-hydrogen) atoms. The zero-order valence-electron chi connectivity index (χ0n) is 10.4. The van der Waals surface area contributed by atoms with Gasteiger partial charge in [0, 0.05) is 18.7 Å². The van der Waals surface area contributed by atoms with Crippen LogP contribution in [0.1, 0.15) is 17.0 Å². The van der Waals surface area contributed by atoms with Crippen LogP contribution in [0.25, 0.3) is 0 Å². The molecular weight excluding hydrogens is 235 g/mol. The fourth-order valence-electron chi connectivity index (χ4n) is 1.65. The van der Waals surface area contributed by atoms with Gasteiger partial charge in [0.05, 0.1) is 0 Å². The van der Waals surface area contributed by atoms with E-state index in [4.69, 9.17) is 9.26 Å². The van der Waals surface area contributed by atoms with Crippen molar-refractivity contribution in [3.05, 3.63) is 47.1 Å². The van der Waals surface area contributed by atoms with Crippen LogP contribution in [0.2, 0.25) is 0 Å². The van der Waals surface area contributed by atoms with Gasteiger partial charge in [-0.3, -0.25) is 0 Å². The topological polar surface area (TPSA) is 47.3 Å². The first-order valence-corrected chi connectivity index (χ1v) is 5.66. The van der Waals surface area contributed by atoms with E-state index in [1.165, 1.54) is 12.1 Å². The summed E-state index contributed by atoms with van der Waals surface area (Å²) in [5, 5.41) is 6.77. The maximum atomic E-state index is 13.3. The van der Waals surface area contributed by atoms with Crippen molar-refractivity contribution in [1.82, 2.24) is 10.5 Å². The number of hydrogen-bond donors (Lipinski definition) is 1. The zero-order valence-corrected chi connectivity index (χ0v) is 10.4. The Morgan fingerprint density at radius 1 is 1.33 bits per heavy atom. The van der Waals surface area contributed by atoms with Crippen LogP contribution in [0.4, 0.5) is 4.39 Å². The highest BCUT2D eigenvalue weighted by molar-refractivity contribution is 5.29. The van der Waals surface area contributed by atoms with Crippen LogP contribution in [0.3, 0.4) is 0 Å². The van der Waals surface area contributed by atoms with Crippen molar-refractivity contribution >= 4 is 0 Å². The van der Waals surface area contributed by atoms with Crippen LogP contribution >= 0.6 is 0 Å². The summed E-state index contributed by atoms with van der Waals surface area (Å²) in [5.41, 5.74) is 1.52. The van der Waals surface area contributed by atoms with Crippen LogP contribution in [-0.2, 0) is 13.2 Å². The summed E-state index contributed by atoms with van der Waals surface area (Å²) in [6, 6.07) is 6.41. The first-order chi connectivity index (χ1) is 8.67. The maximum absolute atomic E-state index is 13.3. The highest BCUT2D eigenvalue weighted by atomic mass is 19.1. The molecule has 0 fully saturated rings. The number of aryl methyl sites for hydroxylation is 1. The van der Waals surface area contributed by atoms with Crippen molar-refractivity contribution in [3.8, 4) is 5.75 Å². The molecule has 0 aliphatic rings. The Morgan fingerprint density at radius 2 is 2.17 bits per heavy atom. The molecule has 0 radical (unpaired) electrons. The maximum Gasteiger partial charge on any atom is 0.134 e. The summed E-state index contributed by atoms with van der Waals surface area (Å²) in [7, 11) is 1.81. The van der Waals surface area contributed by atoms with Gasteiger partial charge in [-0.15, -0.1) is 0 Å². The highest BCUT2D eigenvalue weighted by Gasteiger charge is 2.04. The number of benzene rings is 1. The second kappa shape index (κ2) is 5.64. The standard InChI is InChI=1S/C13H15FN2O2/c1-9-3-12(16-18-9)8-17-13-5-10(7-15-2)4-11(14)6-13/h3-6,15H,7-8H2,1-2H3. The minimum atomic E-state index is -0.311. The second-order valence-electron chi connectivity index (χ2n) is 4.04. The summed E-state index contributed by atoms with van der Waals surface area (Å²) < 4.78 is 23.7. The molecule has 0 aliphatic carbocycles. The SMILES string of the molecule is CNCc1cc(F)cc(OCc2cc(C)on2)c1. The second-order valence-corrected chi connectivity index (χ2v) is 4.04. The first-order valence-electron chi connectivity index (χ1n) is 5.66. The quantitative estimate of drug-likeness (QED) is 0.885. The summed E-state index contributed by atoms with van der Waals surface area (Å²) >= 11 is 0. The minimum Gasteiger partial charge on any atom is -0.487 e. The Kier molecular flexibility index (Phi) is 3.94. The monoisotopic (exact) mass is 250 g/mol.